The van der Waals surface area contributed by atoms with E-state index in [0.29, 0.717) is 10.5 Å². The number of rotatable bonds is 8. The Labute approximate surface area is 282 Å². The van der Waals surface area contributed by atoms with E-state index in [2.05, 4.69) is 10.6 Å². The van der Waals surface area contributed by atoms with Gasteiger partial charge in [0, 0.05) is 19.6 Å². The maximum Gasteiger partial charge on any atom is 0.547 e. The Morgan fingerprint density at radius 2 is 1.71 bits per heavy atom. The van der Waals surface area contributed by atoms with Crippen molar-refractivity contribution >= 4 is 61.3 Å². The first-order valence-electron chi connectivity index (χ1n) is 14.3. The first kappa shape index (κ1) is 35.2. The van der Waals surface area contributed by atoms with Crippen molar-refractivity contribution in [2.24, 2.45) is 0 Å². The number of carbonyl (C=O) groups excluding carboxylic acids is 4. The Kier molecular flexibility index (Phi) is 9.89. The summed E-state index contributed by atoms with van der Waals surface area (Å²) in [4.78, 5) is 85.3. The molecule has 1 saturated heterocycles. The number of urea groups is 1. The van der Waals surface area contributed by atoms with Gasteiger partial charge < -0.3 is 50.3 Å². The number of benzene rings is 3. The second kappa shape index (κ2) is 13.8. The number of para-hydroxylation sites is 1. The lowest BCUT2D eigenvalue weighted by Gasteiger charge is -2.34. The number of fused-ring (bicyclic) bond motifs is 1. The van der Waals surface area contributed by atoms with Gasteiger partial charge in [-0.25, -0.2) is 9.59 Å². The molecule has 0 radical (unpaired) electrons. The number of halogens is 1. The molecular formula is C29H27BClN4O13P. The fourth-order valence-electron chi connectivity index (χ4n) is 5.29. The molecule has 20 heteroatoms. The molecule has 0 aliphatic carbocycles. The number of aromatic carboxylic acids is 1. The molecule has 5 rings (SSSR count). The average molecular weight is 717 g/mol. The number of phenolic OH excluding ortho intramolecular Hbond substituents is 2. The molecule has 2 heterocycles. The number of carbonyl (C=O) groups is 5. The number of amides is 5. The number of hydrogen-bond donors (Lipinski definition) is 8. The lowest BCUT2D eigenvalue weighted by Crippen LogP contribution is -2.60. The lowest BCUT2D eigenvalue weighted by molar-refractivity contribution is -0.154. The largest absolute Gasteiger partial charge is 0.547 e. The Morgan fingerprint density at radius 3 is 2.37 bits per heavy atom. The highest BCUT2D eigenvalue weighted by Gasteiger charge is 2.41. The third-order valence-electron chi connectivity index (χ3n) is 7.86. The zero-order chi connectivity index (χ0) is 35.8. The summed E-state index contributed by atoms with van der Waals surface area (Å²) in [5.74, 6) is -6.98. The SMILES string of the molecule is O=C(O)c1cccc2c1OB(O)[C@@H](NC(=O)C(NC(=O)N1CCN(Cc3ccc(O)c(O)c3Cl)C(=O)C1=O)c1ccc(P(=O)(O)O)cc1)C2. The summed E-state index contributed by atoms with van der Waals surface area (Å²) in [5.41, 5.74) is 0.359. The smallest absolute Gasteiger partial charge is 0.534 e. The van der Waals surface area contributed by atoms with Crippen LogP contribution in [0.1, 0.15) is 33.1 Å². The van der Waals surface area contributed by atoms with Crippen LogP contribution in [0.15, 0.2) is 54.6 Å². The molecule has 0 spiro atoms. The van der Waals surface area contributed by atoms with Crippen LogP contribution in [0.4, 0.5) is 4.79 Å². The Bertz CT molecular complexity index is 1910. The van der Waals surface area contributed by atoms with Crippen LogP contribution in [0.25, 0.3) is 0 Å². The average Bonchev–Trinajstić information content (AvgIpc) is 3.05. The van der Waals surface area contributed by atoms with E-state index >= 15 is 0 Å². The third-order valence-corrected chi connectivity index (χ3v) is 9.25. The minimum absolute atomic E-state index is 0.00187. The number of carboxylic acid groups (broad SMARTS) is 1. The molecule has 2 aliphatic heterocycles. The predicted molar refractivity (Wildman–Crippen MR) is 169 cm³/mol. The number of nitrogens with one attached hydrogen (secondary N) is 2. The van der Waals surface area contributed by atoms with Gasteiger partial charge in [0.15, 0.2) is 11.5 Å². The van der Waals surface area contributed by atoms with Crippen molar-refractivity contribution in [1.29, 1.82) is 0 Å². The highest BCUT2D eigenvalue weighted by Crippen LogP contribution is 2.36. The highest BCUT2D eigenvalue weighted by atomic mass is 35.5. The van der Waals surface area contributed by atoms with Gasteiger partial charge in [0.1, 0.15) is 11.8 Å². The van der Waals surface area contributed by atoms with E-state index < -0.39 is 67.9 Å². The van der Waals surface area contributed by atoms with Gasteiger partial charge in [-0.2, -0.15) is 0 Å². The standard InChI is InChI=1S/C29H27BClN4O13P/c31-21-16(6-9-19(36)23(21)37)13-34-10-11-35(27(40)26(34)39)29(43)33-22(14-4-7-17(8-5-14)49(45,46)47)25(38)32-20-12-15-2-1-3-18(28(41)42)24(15)48-30(20)44/h1-9,20,22,36-37,44H,10-13H2,(H,32,38)(H,33,43)(H,41,42)(H2,45,46,47)/t20-,22?/m0/s1. The van der Waals surface area contributed by atoms with Crippen molar-refractivity contribution < 1.29 is 63.3 Å². The van der Waals surface area contributed by atoms with Crippen molar-refractivity contribution in [1.82, 2.24) is 20.4 Å². The van der Waals surface area contributed by atoms with E-state index in [0.717, 1.165) is 35.2 Å². The topological polar surface area (TPSA) is 264 Å². The third kappa shape index (κ3) is 7.33. The number of nitrogens with zero attached hydrogens (tertiary/aromatic N) is 2. The van der Waals surface area contributed by atoms with Crippen LogP contribution >= 0.6 is 19.2 Å². The number of imide groups is 1. The normalized spacial score (nSPS) is 16.8. The number of phenols is 2. The number of piperazine rings is 1. The number of hydrogen-bond acceptors (Lipinski definition) is 10. The molecule has 3 aromatic rings. The van der Waals surface area contributed by atoms with E-state index in [1.54, 1.807) is 0 Å². The van der Waals surface area contributed by atoms with Crippen LogP contribution < -0.4 is 20.6 Å². The van der Waals surface area contributed by atoms with Crippen LogP contribution in [0, 0.1) is 0 Å². The van der Waals surface area contributed by atoms with Gasteiger partial charge in [0.05, 0.1) is 21.8 Å². The summed E-state index contributed by atoms with van der Waals surface area (Å²) in [6, 6.07) is 8.32. The Hall–Kier alpha value is -5.13. The molecule has 1 unspecified atom stereocenters. The molecular weight excluding hydrogens is 690 g/mol. The van der Waals surface area contributed by atoms with Crippen molar-refractivity contribution in [3.63, 3.8) is 0 Å². The van der Waals surface area contributed by atoms with Gasteiger partial charge >= 0.3 is 38.5 Å². The molecule has 49 heavy (non-hydrogen) atoms. The second-order valence-electron chi connectivity index (χ2n) is 11.0. The van der Waals surface area contributed by atoms with Crippen molar-refractivity contribution in [2.45, 2.75) is 24.9 Å². The maximum absolute atomic E-state index is 13.7. The first-order chi connectivity index (χ1) is 23.1. The molecule has 2 aliphatic rings. The maximum atomic E-state index is 13.7. The summed E-state index contributed by atoms with van der Waals surface area (Å²) in [6.07, 6.45) is -0.0844. The number of carboxylic acids is 1. The molecule has 0 aromatic heterocycles. The fourth-order valence-corrected chi connectivity index (χ4v) is 6.04. The second-order valence-corrected chi connectivity index (χ2v) is 13.0. The monoisotopic (exact) mass is 716 g/mol. The summed E-state index contributed by atoms with van der Waals surface area (Å²) in [7, 11) is -6.41. The van der Waals surface area contributed by atoms with Gasteiger partial charge in [0.25, 0.3) is 0 Å². The van der Waals surface area contributed by atoms with Gasteiger partial charge in [-0.05, 0) is 47.4 Å². The lowest BCUT2D eigenvalue weighted by atomic mass is 9.72. The van der Waals surface area contributed by atoms with Crippen molar-refractivity contribution in [3.05, 3.63) is 81.9 Å². The molecule has 0 saturated carbocycles. The molecule has 8 N–H and O–H groups in total. The molecule has 1 fully saturated rings. The van der Waals surface area contributed by atoms with E-state index in [9.17, 15) is 58.7 Å². The van der Waals surface area contributed by atoms with E-state index in [1.165, 1.54) is 24.3 Å². The van der Waals surface area contributed by atoms with E-state index in [1.807, 2.05) is 0 Å². The number of aromatic hydroxyl groups is 2. The van der Waals surface area contributed by atoms with Crippen LogP contribution in [-0.4, -0.2) is 95.8 Å². The van der Waals surface area contributed by atoms with Gasteiger partial charge in [-0.3, -0.25) is 23.8 Å². The van der Waals surface area contributed by atoms with Crippen molar-refractivity contribution in [2.75, 3.05) is 13.1 Å². The minimum Gasteiger partial charge on any atom is -0.534 e. The molecule has 2 atom stereocenters. The summed E-state index contributed by atoms with van der Waals surface area (Å²) in [5, 5.41) is 43.8. The van der Waals surface area contributed by atoms with Crippen molar-refractivity contribution in [3.8, 4) is 17.2 Å². The summed E-state index contributed by atoms with van der Waals surface area (Å²) < 4.78 is 17.1. The molecule has 3 aromatic carbocycles. The molecule has 17 nitrogen and oxygen atoms in total. The van der Waals surface area contributed by atoms with Crippen LogP contribution in [0.5, 0.6) is 17.2 Å². The van der Waals surface area contributed by atoms with Gasteiger partial charge in [-0.1, -0.05) is 41.9 Å². The predicted octanol–water partition coefficient (Wildman–Crippen LogP) is 0.0137. The quantitative estimate of drug-likeness (QED) is 0.0662. The Morgan fingerprint density at radius 1 is 1.02 bits per heavy atom. The zero-order valence-electron chi connectivity index (χ0n) is 25.0. The van der Waals surface area contributed by atoms with Gasteiger partial charge in [0.2, 0.25) is 5.91 Å². The van der Waals surface area contributed by atoms with Crippen LogP contribution in [0.2, 0.25) is 5.02 Å². The van der Waals surface area contributed by atoms with E-state index in [-0.39, 0.29) is 58.8 Å². The molecule has 5 amide bonds. The zero-order valence-corrected chi connectivity index (χ0v) is 26.7. The first-order valence-corrected chi connectivity index (χ1v) is 16.3. The molecule has 0 bridgehead atoms. The minimum atomic E-state index is -4.68. The fraction of sp³-hybridized carbons (Fsp3) is 0.207. The summed E-state index contributed by atoms with van der Waals surface area (Å²) in [6.45, 7) is -0.749. The highest BCUT2D eigenvalue weighted by molar-refractivity contribution is 7.60. The van der Waals surface area contributed by atoms with Crippen LogP contribution in [-0.2, 0) is 31.9 Å². The van der Waals surface area contributed by atoms with E-state index in [4.69, 9.17) is 16.3 Å². The van der Waals surface area contributed by atoms with Crippen LogP contribution in [0.3, 0.4) is 0 Å². The Balaban J connectivity index is 1.35. The molecule has 256 valence electrons. The van der Waals surface area contributed by atoms with Gasteiger partial charge in [-0.15, -0.1) is 0 Å². The summed E-state index contributed by atoms with van der Waals surface area (Å²) >= 11 is 6.05.